The van der Waals surface area contributed by atoms with Crippen molar-refractivity contribution in [3.63, 3.8) is 0 Å². The van der Waals surface area contributed by atoms with Crippen molar-refractivity contribution in [1.29, 1.82) is 0 Å². The van der Waals surface area contributed by atoms with E-state index in [1.807, 2.05) is 23.6 Å². The molecule has 120 valence electrons. The second-order valence-electron chi connectivity index (χ2n) is 5.03. The molecule has 0 spiro atoms. The Morgan fingerprint density at radius 1 is 1.12 bits per heavy atom. The monoisotopic (exact) mass is 338 g/mol. The second-order valence-corrected chi connectivity index (χ2v) is 5.88. The molecule has 24 heavy (non-hydrogen) atoms. The van der Waals surface area contributed by atoms with Gasteiger partial charge >= 0.3 is 0 Å². The summed E-state index contributed by atoms with van der Waals surface area (Å²) in [7, 11) is 0. The van der Waals surface area contributed by atoms with E-state index in [9.17, 15) is 9.59 Å². The van der Waals surface area contributed by atoms with Gasteiger partial charge in [0.1, 0.15) is 5.01 Å². The van der Waals surface area contributed by atoms with Gasteiger partial charge in [0, 0.05) is 22.8 Å². The number of nitrogens with one attached hydrogen (secondary N) is 1. The maximum atomic E-state index is 12.1. The zero-order valence-corrected chi connectivity index (χ0v) is 13.4. The highest BCUT2D eigenvalue weighted by Crippen LogP contribution is 2.21. The summed E-state index contributed by atoms with van der Waals surface area (Å²) in [6.07, 6.45) is 1.87. The number of aromatic nitrogens is 2. The van der Waals surface area contributed by atoms with E-state index in [4.69, 9.17) is 5.73 Å². The molecule has 0 unspecified atom stereocenters. The Balaban J connectivity index is 1.63. The molecular formula is C17H14N4O2S. The van der Waals surface area contributed by atoms with Crippen molar-refractivity contribution in [1.82, 2.24) is 9.97 Å². The highest BCUT2D eigenvalue weighted by Gasteiger charge is 2.10. The molecule has 1 aromatic carbocycles. The van der Waals surface area contributed by atoms with E-state index < -0.39 is 5.91 Å². The zero-order valence-electron chi connectivity index (χ0n) is 12.6. The van der Waals surface area contributed by atoms with E-state index in [2.05, 4.69) is 15.3 Å². The van der Waals surface area contributed by atoms with Crippen LogP contribution in [0.3, 0.4) is 0 Å². The smallest absolute Gasteiger partial charge is 0.248 e. The highest BCUT2D eigenvalue weighted by atomic mass is 32.1. The lowest BCUT2D eigenvalue weighted by atomic mass is 10.2. The number of carbonyl (C=O) groups excluding carboxylic acids is 2. The quantitative estimate of drug-likeness (QED) is 0.746. The Morgan fingerprint density at radius 3 is 2.58 bits per heavy atom. The molecule has 0 aliphatic carbocycles. The van der Waals surface area contributed by atoms with Crippen LogP contribution in [0.25, 0.3) is 10.7 Å². The topological polar surface area (TPSA) is 98.0 Å². The third kappa shape index (κ3) is 3.82. The Hall–Kier alpha value is -3.06. The zero-order chi connectivity index (χ0) is 16.9. The van der Waals surface area contributed by atoms with Crippen LogP contribution in [0, 0.1) is 0 Å². The van der Waals surface area contributed by atoms with Gasteiger partial charge in [-0.2, -0.15) is 0 Å². The number of nitrogens with two attached hydrogens (primary N) is 1. The minimum absolute atomic E-state index is 0.168. The first-order valence-corrected chi connectivity index (χ1v) is 8.05. The number of carbonyl (C=O) groups is 2. The Labute approximate surface area is 142 Å². The number of hydrogen-bond acceptors (Lipinski definition) is 5. The van der Waals surface area contributed by atoms with E-state index in [0.29, 0.717) is 16.9 Å². The number of amides is 2. The van der Waals surface area contributed by atoms with Crippen LogP contribution in [-0.2, 0) is 11.2 Å². The number of benzene rings is 1. The van der Waals surface area contributed by atoms with Gasteiger partial charge in [0.25, 0.3) is 0 Å². The molecule has 7 heteroatoms. The molecule has 6 nitrogen and oxygen atoms in total. The summed E-state index contributed by atoms with van der Waals surface area (Å²) < 4.78 is 0. The summed E-state index contributed by atoms with van der Waals surface area (Å²) in [6, 6.07) is 12.0. The molecule has 0 aliphatic heterocycles. The van der Waals surface area contributed by atoms with Crippen LogP contribution < -0.4 is 11.1 Å². The fourth-order valence-electron chi connectivity index (χ4n) is 2.08. The number of thiazole rings is 1. The number of hydrogen-bond donors (Lipinski definition) is 2. The van der Waals surface area contributed by atoms with Gasteiger partial charge in [-0.15, -0.1) is 11.3 Å². The first-order valence-electron chi connectivity index (χ1n) is 7.17. The van der Waals surface area contributed by atoms with Crippen LogP contribution in [-0.4, -0.2) is 21.8 Å². The maximum Gasteiger partial charge on any atom is 0.248 e. The summed E-state index contributed by atoms with van der Waals surface area (Å²) in [5.41, 5.74) is 7.65. The minimum Gasteiger partial charge on any atom is -0.366 e. The number of anilines is 1. The lowest BCUT2D eigenvalue weighted by Crippen LogP contribution is -2.15. The molecule has 2 heterocycles. The third-order valence-electron chi connectivity index (χ3n) is 3.23. The van der Waals surface area contributed by atoms with Crippen molar-refractivity contribution >= 4 is 28.8 Å². The first-order chi connectivity index (χ1) is 11.6. The van der Waals surface area contributed by atoms with Crippen LogP contribution in [0.2, 0.25) is 0 Å². The molecule has 3 N–H and O–H groups in total. The normalized spacial score (nSPS) is 10.3. The van der Waals surface area contributed by atoms with Crippen LogP contribution in [0.1, 0.15) is 16.1 Å². The fourth-order valence-corrected chi connectivity index (χ4v) is 2.88. The van der Waals surface area contributed by atoms with Crippen molar-refractivity contribution in [2.24, 2.45) is 5.73 Å². The van der Waals surface area contributed by atoms with Gasteiger partial charge < -0.3 is 11.1 Å². The Kier molecular flexibility index (Phi) is 4.62. The SMILES string of the molecule is NC(=O)c1ccc(NC(=O)Cc2csc(-c3ccccn3)n2)cc1. The minimum atomic E-state index is -0.502. The molecule has 0 bridgehead atoms. The predicted octanol–water partition coefficient (Wildman–Crippen LogP) is 2.49. The van der Waals surface area contributed by atoms with Gasteiger partial charge in [-0.05, 0) is 36.4 Å². The third-order valence-corrected chi connectivity index (χ3v) is 4.14. The van der Waals surface area contributed by atoms with E-state index in [-0.39, 0.29) is 12.3 Å². The van der Waals surface area contributed by atoms with E-state index in [1.165, 1.54) is 11.3 Å². The molecule has 0 saturated carbocycles. The molecular weight excluding hydrogens is 324 g/mol. The molecule has 0 aliphatic rings. The number of primary amides is 1. The van der Waals surface area contributed by atoms with Crippen molar-refractivity contribution in [2.45, 2.75) is 6.42 Å². The highest BCUT2D eigenvalue weighted by molar-refractivity contribution is 7.13. The van der Waals surface area contributed by atoms with Gasteiger partial charge in [0.15, 0.2) is 0 Å². The Morgan fingerprint density at radius 2 is 1.92 bits per heavy atom. The van der Waals surface area contributed by atoms with E-state index >= 15 is 0 Å². The van der Waals surface area contributed by atoms with Crippen molar-refractivity contribution in [3.8, 4) is 10.7 Å². The molecule has 0 saturated heterocycles. The average Bonchev–Trinajstić information content (AvgIpc) is 3.04. The summed E-state index contributed by atoms with van der Waals surface area (Å²) in [5, 5.41) is 5.39. The lowest BCUT2D eigenvalue weighted by Gasteiger charge is -2.04. The van der Waals surface area contributed by atoms with Crippen LogP contribution >= 0.6 is 11.3 Å². The van der Waals surface area contributed by atoms with Crippen molar-refractivity contribution in [2.75, 3.05) is 5.32 Å². The maximum absolute atomic E-state index is 12.1. The van der Waals surface area contributed by atoms with E-state index in [1.54, 1.807) is 30.5 Å². The number of rotatable bonds is 5. The Bertz CT molecular complexity index is 860. The molecule has 0 radical (unpaired) electrons. The molecule has 3 aromatic rings. The fraction of sp³-hybridized carbons (Fsp3) is 0.0588. The summed E-state index contributed by atoms with van der Waals surface area (Å²) >= 11 is 1.45. The van der Waals surface area contributed by atoms with Gasteiger partial charge in [0.2, 0.25) is 11.8 Å². The van der Waals surface area contributed by atoms with Gasteiger partial charge in [-0.25, -0.2) is 4.98 Å². The van der Waals surface area contributed by atoms with Crippen LogP contribution in [0.4, 0.5) is 5.69 Å². The summed E-state index contributed by atoms with van der Waals surface area (Å²) in [5.74, 6) is -0.683. The van der Waals surface area contributed by atoms with Gasteiger partial charge in [-0.3, -0.25) is 14.6 Å². The summed E-state index contributed by atoms with van der Waals surface area (Å²) in [4.78, 5) is 31.8. The predicted molar refractivity (Wildman–Crippen MR) is 92.6 cm³/mol. The second kappa shape index (κ2) is 7.01. The number of nitrogens with zero attached hydrogens (tertiary/aromatic N) is 2. The lowest BCUT2D eigenvalue weighted by molar-refractivity contribution is -0.115. The molecule has 0 atom stereocenters. The standard InChI is InChI=1S/C17H14N4O2S/c18-16(23)11-4-6-12(7-5-11)20-15(22)9-13-10-24-17(21-13)14-3-1-2-8-19-14/h1-8,10H,9H2,(H2,18,23)(H,20,22). The van der Waals surface area contributed by atoms with Crippen molar-refractivity contribution in [3.05, 3.63) is 65.3 Å². The molecule has 3 rings (SSSR count). The first kappa shape index (κ1) is 15.8. The largest absolute Gasteiger partial charge is 0.366 e. The van der Waals surface area contributed by atoms with Gasteiger partial charge in [0.05, 0.1) is 17.8 Å². The van der Waals surface area contributed by atoms with Crippen molar-refractivity contribution < 1.29 is 9.59 Å². The molecule has 2 amide bonds. The molecule has 2 aromatic heterocycles. The van der Waals surface area contributed by atoms with Crippen LogP contribution in [0.5, 0.6) is 0 Å². The summed E-state index contributed by atoms with van der Waals surface area (Å²) in [6.45, 7) is 0. The molecule has 0 fully saturated rings. The van der Waals surface area contributed by atoms with Gasteiger partial charge in [-0.1, -0.05) is 6.07 Å². The average molecular weight is 338 g/mol. The number of pyridine rings is 1. The van der Waals surface area contributed by atoms with Crippen LogP contribution in [0.15, 0.2) is 54.0 Å². The van der Waals surface area contributed by atoms with E-state index in [0.717, 1.165) is 10.7 Å².